The monoisotopic (exact) mass is 344 g/mol. The van der Waals surface area contributed by atoms with Gasteiger partial charge in [-0.25, -0.2) is 13.9 Å². The van der Waals surface area contributed by atoms with Gasteiger partial charge < -0.3 is 10.9 Å². The fraction of sp³-hybridized carbons (Fsp3) is 0.0625. The third kappa shape index (κ3) is 3.38. The maximum absolute atomic E-state index is 13.0. The molecule has 0 unspecified atom stereocenters. The second kappa shape index (κ2) is 6.71. The molecule has 6 nitrogen and oxygen atoms in total. The Balaban J connectivity index is 1.72. The van der Waals surface area contributed by atoms with Crippen LogP contribution in [0.5, 0.6) is 0 Å². The first-order valence-electron chi connectivity index (χ1n) is 6.96. The molecule has 3 rings (SSSR count). The Kier molecular flexibility index (Phi) is 4.48. The number of thioether (sulfide) groups is 1. The van der Waals surface area contributed by atoms with Crippen molar-refractivity contribution in [1.82, 2.24) is 14.9 Å². The second-order valence-electron chi connectivity index (χ2n) is 4.97. The van der Waals surface area contributed by atoms with Crippen molar-refractivity contribution in [3.63, 3.8) is 0 Å². The van der Waals surface area contributed by atoms with Crippen LogP contribution >= 0.6 is 11.8 Å². The van der Waals surface area contributed by atoms with E-state index in [-0.39, 0.29) is 11.4 Å². The Morgan fingerprint density at radius 2 is 1.79 bits per heavy atom. The molecule has 0 saturated carbocycles. The van der Waals surface area contributed by atoms with Crippen LogP contribution in [-0.4, -0.2) is 25.9 Å². The number of nitrogen functional groups attached to an aromatic ring is 1. The van der Waals surface area contributed by atoms with Crippen molar-refractivity contribution in [3.8, 4) is 11.4 Å². The quantitative estimate of drug-likeness (QED) is 0.546. The number of nitrogens with two attached hydrogens (primary N) is 1. The number of hydrogen-bond acceptors (Lipinski definition) is 5. The molecule has 0 bridgehead atoms. The van der Waals surface area contributed by atoms with Gasteiger partial charge in [0, 0.05) is 11.3 Å². The lowest BCUT2D eigenvalue weighted by Gasteiger charge is -2.04. The minimum atomic E-state index is -0.958. The number of nitrogens with zero attached hydrogens (tertiary/aromatic N) is 3. The minimum Gasteiger partial charge on any atom is -0.478 e. The summed E-state index contributed by atoms with van der Waals surface area (Å²) in [5, 5.41) is 17.5. The van der Waals surface area contributed by atoms with E-state index in [2.05, 4.69) is 10.2 Å². The van der Waals surface area contributed by atoms with Crippen molar-refractivity contribution < 1.29 is 14.3 Å². The largest absolute Gasteiger partial charge is 0.478 e. The number of hydrogen-bond donors (Lipinski definition) is 2. The summed E-state index contributed by atoms with van der Waals surface area (Å²) < 4.78 is 14.3. The van der Waals surface area contributed by atoms with Crippen molar-refractivity contribution in [3.05, 3.63) is 65.5 Å². The van der Waals surface area contributed by atoms with Gasteiger partial charge in [-0.15, -0.1) is 10.2 Å². The molecule has 1 heterocycles. The summed E-state index contributed by atoms with van der Waals surface area (Å²) in [5.41, 5.74) is 1.85. The maximum atomic E-state index is 13.0. The van der Waals surface area contributed by atoms with Crippen LogP contribution < -0.4 is 5.84 Å². The van der Waals surface area contributed by atoms with Crippen LogP contribution in [0, 0.1) is 5.82 Å². The van der Waals surface area contributed by atoms with E-state index in [0.717, 1.165) is 5.56 Å². The maximum Gasteiger partial charge on any atom is 0.335 e. The molecule has 0 spiro atoms. The first-order chi connectivity index (χ1) is 11.5. The molecule has 1 aromatic heterocycles. The molecule has 0 fully saturated rings. The number of halogens is 1. The van der Waals surface area contributed by atoms with E-state index in [1.54, 1.807) is 36.4 Å². The fourth-order valence-corrected chi connectivity index (χ4v) is 2.88. The zero-order valence-electron chi connectivity index (χ0n) is 12.4. The summed E-state index contributed by atoms with van der Waals surface area (Å²) in [6.45, 7) is 0. The average Bonchev–Trinajstić information content (AvgIpc) is 2.95. The summed E-state index contributed by atoms with van der Waals surface area (Å²) in [6.07, 6.45) is 0. The summed E-state index contributed by atoms with van der Waals surface area (Å²) in [7, 11) is 0. The number of aromatic nitrogens is 3. The molecule has 0 aliphatic carbocycles. The molecule has 0 aliphatic rings. The highest BCUT2D eigenvalue weighted by atomic mass is 32.2. The molecule has 122 valence electrons. The van der Waals surface area contributed by atoms with Crippen LogP contribution in [0.3, 0.4) is 0 Å². The number of carbonyl (C=O) groups is 1. The van der Waals surface area contributed by atoms with Crippen LogP contribution in [-0.2, 0) is 5.75 Å². The molecular formula is C16H13FN4O2S. The van der Waals surface area contributed by atoms with Gasteiger partial charge in [-0.05, 0) is 42.0 Å². The van der Waals surface area contributed by atoms with Gasteiger partial charge in [-0.3, -0.25) is 0 Å². The topological polar surface area (TPSA) is 94.0 Å². The number of rotatable bonds is 5. The summed E-state index contributed by atoms with van der Waals surface area (Å²) in [6, 6.07) is 12.4. The zero-order valence-corrected chi connectivity index (χ0v) is 13.2. The first kappa shape index (κ1) is 16.0. The predicted octanol–water partition coefficient (Wildman–Crippen LogP) is 2.79. The van der Waals surface area contributed by atoms with Crippen molar-refractivity contribution in [2.45, 2.75) is 10.9 Å². The van der Waals surface area contributed by atoms with Gasteiger partial charge in [0.2, 0.25) is 5.16 Å². The van der Waals surface area contributed by atoms with E-state index in [4.69, 9.17) is 10.9 Å². The molecule has 3 N–H and O–H groups in total. The summed E-state index contributed by atoms with van der Waals surface area (Å²) >= 11 is 1.38. The van der Waals surface area contributed by atoms with Gasteiger partial charge in [-0.1, -0.05) is 23.9 Å². The molecule has 0 amide bonds. The lowest BCUT2D eigenvalue weighted by atomic mass is 10.1. The highest BCUT2D eigenvalue weighted by Crippen LogP contribution is 2.24. The van der Waals surface area contributed by atoms with Gasteiger partial charge >= 0.3 is 5.97 Å². The highest BCUT2D eigenvalue weighted by molar-refractivity contribution is 7.98. The van der Waals surface area contributed by atoms with Gasteiger partial charge in [0.05, 0.1) is 5.56 Å². The van der Waals surface area contributed by atoms with E-state index < -0.39 is 5.97 Å². The molecular weight excluding hydrogens is 331 g/mol. The van der Waals surface area contributed by atoms with E-state index >= 15 is 0 Å². The standard InChI is InChI=1S/C16H13FN4O2S/c17-13-7-5-11(6-8-13)14-19-20-16(21(14)18)24-9-10-1-3-12(4-2-10)15(22)23/h1-8H,9,18H2,(H,22,23). The third-order valence-corrected chi connectivity index (χ3v) is 4.35. The smallest absolute Gasteiger partial charge is 0.335 e. The van der Waals surface area contributed by atoms with Crippen LogP contribution in [0.15, 0.2) is 53.7 Å². The lowest BCUT2D eigenvalue weighted by molar-refractivity contribution is 0.0697. The van der Waals surface area contributed by atoms with Crippen molar-refractivity contribution in [1.29, 1.82) is 0 Å². The normalized spacial score (nSPS) is 10.7. The van der Waals surface area contributed by atoms with Crippen LogP contribution in [0.2, 0.25) is 0 Å². The highest BCUT2D eigenvalue weighted by Gasteiger charge is 2.12. The molecule has 3 aromatic rings. The Morgan fingerprint density at radius 3 is 2.42 bits per heavy atom. The number of aromatic carboxylic acids is 1. The Labute approximate surface area is 141 Å². The number of carboxylic acids is 1. The van der Waals surface area contributed by atoms with Gasteiger partial charge in [0.15, 0.2) is 5.82 Å². The Morgan fingerprint density at radius 1 is 1.12 bits per heavy atom. The lowest BCUT2D eigenvalue weighted by Crippen LogP contribution is -2.11. The minimum absolute atomic E-state index is 0.240. The summed E-state index contributed by atoms with van der Waals surface area (Å²) in [5.74, 6) is 5.72. The SMILES string of the molecule is Nn1c(SCc2ccc(C(=O)O)cc2)nnc1-c1ccc(F)cc1. The van der Waals surface area contributed by atoms with E-state index in [1.165, 1.54) is 28.6 Å². The Hall–Kier alpha value is -2.87. The Bertz CT molecular complexity index is 863. The van der Waals surface area contributed by atoms with E-state index in [0.29, 0.717) is 22.3 Å². The predicted molar refractivity (Wildman–Crippen MR) is 88.5 cm³/mol. The molecule has 24 heavy (non-hydrogen) atoms. The number of carboxylic acid groups (broad SMARTS) is 1. The average molecular weight is 344 g/mol. The molecule has 0 saturated heterocycles. The van der Waals surface area contributed by atoms with Crippen LogP contribution in [0.1, 0.15) is 15.9 Å². The van der Waals surface area contributed by atoms with Gasteiger partial charge in [0.25, 0.3) is 0 Å². The van der Waals surface area contributed by atoms with Crippen molar-refractivity contribution in [2.24, 2.45) is 0 Å². The first-order valence-corrected chi connectivity index (χ1v) is 7.94. The third-order valence-electron chi connectivity index (χ3n) is 3.34. The molecule has 0 radical (unpaired) electrons. The van der Waals surface area contributed by atoms with Crippen LogP contribution in [0.4, 0.5) is 4.39 Å². The van der Waals surface area contributed by atoms with Crippen LogP contribution in [0.25, 0.3) is 11.4 Å². The molecule has 2 aromatic carbocycles. The molecule has 0 aliphatic heterocycles. The second-order valence-corrected chi connectivity index (χ2v) is 5.92. The van der Waals surface area contributed by atoms with E-state index in [1.807, 2.05) is 0 Å². The number of benzene rings is 2. The van der Waals surface area contributed by atoms with E-state index in [9.17, 15) is 9.18 Å². The fourth-order valence-electron chi connectivity index (χ4n) is 2.06. The molecule has 8 heteroatoms. The summed E-state index contributed by atoms with van der Waals surface area (Å²) in [4.78, 5) is 10.8. The molecule has 0 atom stereocenters. The van der Waals surface area contributed by atoms with Gasteiger partial charge in [0.1, 0.15) is 5.82 Å². The van der Waals surface area contributed by atoms with Gasteiger partial charge in [-0.2, -0.15) is 0 Å². The van der Waals surface area contributed by atoms with Crippen molar-refractivity contribution in [2.75, 3.05) is 5.84 Å². The zero-order chi connectivity index (χ0) is 17.1. The van der Waals surface area contributed by atoms with Crippen molar-refractivity contribution >= 4 is 17.7 Å².